The van der Waals surface area contributed by atoms with Crippen LogP contribution in [-0.2, 0) is 26.1 Å². The Morgan fingerprint density at radius 3 is 2.36 bits per heavy atom. The number of rotatable bonds is 5. The summed E-state index contributed by atoms with van der Waals surface area (Å²) in [5, 5.41) is 0.974. The molecule has 3 rings (SSSR count). The van der Waals surface area contributed by atoms with Crippen LogP contribution >= 0.6 is 0 Å². The fourth-order valence-corrected chi connectivity index (χ4v) is 3.46. The van der Waals surface area contributed by atoms with Crippen LogP contribution in [-0.4, -0.2) is 54.5 Å². The zero-order valence-corrected chi connectivity index (χ0v) is 16.3. The molecule has 7 heteroatoms. The van der Waals surface area contributed by atoms with Crippen molar-refractivity contribution in [1.29, 1.82) is 0 Å². The van der Waals surface area contributed by atoms with Crippen molar-refractivity contribution in [2.75, 3.05) is 21.3 Å². The third kappa shape index (κ3) is 3.43. The molecule has 28 heavy (non-hydrogen) atoms. The molecule has 146 valence electrons. The highest BCUT2D eigenvalue weighted by Gasteiger charge is 2.32. The molecule has 1 aliphatic rings. The Morgan fingerprint density at radius 2 is 1.71 bits per heavy atom. The Kier molecular flexibility index (Phi) is 5.35. The van der Waals surface area contributed by atoms with E-state index in [0.717, 1.165) is 10.9 Å². The van der Waals surface area contributed by atoms with Crippen LogP contribution in [0.5, 0.6) is 0 Å². The number of carbonyl (C=O) groups excluding carboxylic acids is 3. The van der Waals surface area contributed by atoms with E-state index in [1.807, 2.05) is 41.9 Å². The molecule has 1 aliphatic heterocycles. The van der Waals surface area contributed by atoms with Crippen molar-refractivity contribution in [3.8, 4) is 0 Å². The lowest BCUT2D eigenvalue weighted by Crippen LogP contribution is -2.38. The molecule has 0 spiro atoms. The van der Waals surface area contributed by atoms with Gasteiger partial charge in [0.25, 0.3) is 0 Å². The highest BCUT2D eigenvalue weighted by molar-refractivity contribution is 6.02. The molecule has 0 saturated heterocycles. The van der Waals surface area contributed by atoms with Gasteiger partial charge in [-0.15, -0.1) is 0 Å². The van der Waals surface area contributed by atoms with Gasteiger partial charge in [0.1, 0.15) is 0 Å². The summed E-state index contributed by atoms with van der Waals surface area (Å²) in [6.45, 7) is 0. The van der Waals surface area contributed by atoms with E-state index >= 15 is 0 Å². The van der Waals surface area contributed by atoms with Crippen molar-refractivity contribution in [2.45, 2.75) is 12.5 Å². The van der Waals surface area contributed by atoms with E-state index < -0.39 is 18.0 Å². The van der Waals surface area contributed by atoms with Crippen molar-refractivity contribution in [1.82, 2.24) is 9.47 Å². The van der Waals surface area contributed by atoms with Crippen molar-refractivity contribution in [3.63, 3.8) is 0 Å². The standard InChI is InChI=1S/C21H22N2O5/c1-22-12-14(20(25)27-3)9-15(21(26)28-4)17(22)11-19(24)18-10-13-7-5-6-8-16(13)23(18)2/h5-10,12,17H,11H2,1-4H3. The molecule has 0 fully saturated rings. The largest absolute Gasteiger partial charge is 0.466 e. The molecule has 2 heterocycles. The van der Waals surface area contributed by atoms with Crippen LogP contribution in [0.2, 0.25) is 0 Å². The van der Waals surface area contributed by atoms with Crippen LogP contribution in [0.4, 0.5) is 0 Å². The predicted octanol–water partition coefficient (Wildman–Crippen LogP) is 2.22. The average molecular weight is 382 g/mol. The minimum absolute atomic E-state index is 0.0621. The first-order valence-corrected chi connectivity index (χ1v) is 8.77. The van der Waals surface area contributed by atoms with E-state index in [0.29, 0.717) is 5.69 Å². The van der Waals surface area contributed by atoms with Gasteiger partial charge in [-0.1, -0.05) is 18.2 Å². The number of nitrogens with zero attached hydrogens (tertiary/aromatic N) is 2. The number of ketones is 1. The Hall–Kier alpha value is -3.35. The van der Waals surface area contributed by atoms with Gasteiger partial charge in [0.05, 0.1) is 37.1 Å². The molecule has 1 unspecified atom stereocenters. The quantitative estimate of drug-likeness (QED) is 0.583. The third-order valence-electron chi connectivity index (χ3n) is 4.96. The molecular formula is C21H22N2O5. The fraction of sp³-hybridized carbons (Fsp3) is 0.286. The Balaban J connectivity index is 1.93. The Morgan fingerprint density at radius 1 is 1.04 bits per heavy atom. The number of benzene rings is 1. The lowest BCUT2D eigenvalue weighted by molar-refractivity contribution is -0.136. The van der Waals surface area contributed by atoms with Gasteiger partial charge in [-0.3, -0.25) is 4.79 Å². The van der Waals surface area contributed by atoms with E-state index in [-0.39, 0.29) is 23.4 Å². The number of fused-ring (bicyclic) bond motifs is 1. The monoisotopic (exact) mass is 382 g/mol. The molecule has 0 bridgehead atoms. The molecule has 0 radical (unpaired) electrons. The van der Waals surface area contributed by atoms with Crippen LogP contribution in [0.15, 0.2) is 53.8 Å². The molecular weight excluding hydrogens is 360 g/mol. The normalized spacial score (nSPS) is 16.4. The van der Waals surface area contributed by atoms with Gasteiger partial charge in [-0.2, -0.15) is 0 Å². The number of Topliss-reactive ketones (excluding diaryl/α,β-unsaturated/α-hetero) is 1. The van der Waals surface area contributed by atoms with E-state index in [2.05, 4.69) is 0 Å². The summed E-state index contributed by atoms with van der Waals surface area (Å²) >= 11 is 0. The molecule has 0 saturated carbocycles. The van der Waals surface area contributed by atoms with Crippen molar-refractivity contribution in [2.24, 2.45) is 7.05 Å². The minimum Gasteiger partial charge on any atom is -0.466 e. The first-order valence-electron chi connectivity index (χ1n) is 8.77. The van der Waals surface area contributed by atoms with Gasteiger partial charge in [0, 0.05) is 37.6 Å². The van der Waals surface area contributed by atoms with E-state index in [1.165, 1.54) is 20.3 Å². The lowest BCUT2D eigenvalue weighted by atomic mass is 9.94. The zero-order chi connectivity index (χ0) is 20.4. The molecule has 0 N–H and O–H groups in total. The van der Waals surface area contributed by atoms with E-state index in [9.17, 15) is 14.4 Å². The zero-order valence-electron chi connectivity index (χ0n) is 16.3. The lowest BCUT2D eigenvalue weighted by Gasteiger charge is -2.31. The van der Waals surface area contributed by atoms with Gasteiger partial charge in [-0.25, -0.2) is 9.59 Å². The van der Waals surface area contributed by atoms with Gasteiger partial charge < -0.3 is 18.9 Å². The summed E-state index contributed by atoms with van der Waals surface area (Å²) in [6.07, 6.45) is 3.06. The highest BCUT2D eigenvalue weighted by atomic mass is 16.5. The van der Waals surface area contributed by atoms with Gasteiger partial charge >= 0.3 is 11.9 Å². The summed E-state index contributed by atoms with van der Waals surface area (Å²) in [4.78, 5) is 38.9. The van der Waals surface area contributed by atoms with Crippen LogP contribution < -0.4 is 0 Å². The second kappa shape index (κ2) is 7.72. The van der Waals surface area contributed by atoms with Crippen molar-refractivity contribution < 1.29 is 23.9 Å². The molecule has 1 aromatic heterocycles. The summed E-state index contributed by atoms with van der Waals surface area (Å²) in [7, 11) is 6.08. The number of hydrogen-bond donors (Lipinski definition) is 0. The molecule has 1 atom stereocenters. The number of likely N-dealkylation sites (N-methyl/N-ethyl adjacent to an activating group) is 1. The van der Waals surface area contributed by atoms with Crippen LogP contribution in [0.25, 0.3) is 10.9 Å². The SMILES string of the molecule is COC(=O)C1=CN(C)C(CC(=O)c2cc3ccccc3n2C)C(C(=O)OC)=C1. The number of methoxy groups -OCH3 is 2. The molecule has 2 aromatic rings. The third-order valence-corrected chi connectivity index (χ3v) is 4.96. The maximum Gasteiger partial charge on any atom is 0.339 e. The summed E-state index contributed by atoms with van der Waals surface area (Å²) in [5.74, 6) is -1.26. The second-order valence-corrected chi connectivity index (χ2v) is 6.62. The number of hydrogen-bond acceptors (Lipinski definition) is 6. The molecule has 7 nitrogen and oxygen atoms in total. The number of carbonyl (C=O) groups is 3. The van der Waals surface area contributed by atoms with Crippen LogP contribution in [0, 0.1) is 0 Å². The number of aromatic nitrogens is 1. The molecule has 0 aliphatic carbocycles. The topological polar surface area (TPSA) is 77.8 Å². The van der Waals surface area contributed by atoms with Gasteiger partial charge in [-0.05, 0) is 18.2 Å². The summed E-state index contributed by atoms with van der Waals surface area (Å²) in [6, 6.07) is 9.03. The molecule has 0 amide bonds. The predicted molar refractivity (Wildman–Crippen MR) is 104 cm³/mol. The first kappa shape index (κ1) is 19.4. The van der Waals surface area contributed by atoms with Crippen molar-refractivity contribution in [3.05, 3.63) is 59.4 Å². The minimum atomic E-state index is -0.587. The smallest absolute Gasteiger partial charge is 0.339 e. The maximum atomic E-state index is 13.0. The van der Waals surface area contributed by atoms with Crippen molar-refractivity contribution >= 4 is 28.6 Å². The highest BCUT2D eigenvalue weighted by Crippen LogP contribution is 2.26. The number of aryl methyl sites for hydroxylation is 1. The summed E-state index contributed by atoms with van der Waals surface area (Å²) < 4.78 is 11.4. The van der Waals surface area contributed by atoms with Crippen LogP contribution in [0.1, 0.15) is 16.9 Å². The number of esters is 2. The number of ether oxygens (including phenoxy) is 2. The van der Waals surface area contributed by atoms with Gasteiger partial charge in [0.2, 0.25) is 0 Å². The first-order chi connectivity index (χ1) is 13.4. The van der Waals surface area contributed by atoms with E-state index in [4.69, 9.17) is 9.47 Å². The Labute approximate surface area is 162 Å². The second-order valence-electron chi connectivity index (χ2n) is 6.62. The maximum absolute atomic E-state index is 13.0. The summed E-state index contributed by atoms with van der Waals surface area (Å²) in [5.41, 5.74) is 1.97. The van der Waals surface area contributed by atoms with E-state index in [1.54, 1.807) is 18.1 Å². The average Bonchev–Trinajstić information content (AvgIpc) is 3.05. The Bertz CT molecular complexity index is 1010. The fourth-order valence-electron chi connectivity index (χ4n) is 3.46. The number of para-hydroxylation sites is 1. The van der Waals surface area contributed by atoms with Gasteiger partial charge in [0.15, 0.2) is 5.78 Å². The molecule has 1 aromatic carbocycles. The van der Waals surface area contributed by atoms with Crippen LogP contribution in [0.3, 0.4) is 0 Å².